The maximum atomic E-state index is 5.09. The number of hydrogen-bond acceptors (Lipinski definition) is 3. The molecule has 0 aliphatic heterocycles. The van der Waals surface area contributed by atoms with Crippen molar-refractivity contribution >= 4 is 0 Å². The van der Waals surface area contributed by atoms with Gasteiger partial charge in [0.15, 0.2) is 17.5 Å². The molecule has 0 radical (unpaired) electrons. The van der Waals surface area contributed by atoms with E-state index in [0.29, 0.717) is 17.5 Å². The van der Waals surface area contributed by atoms with Crippen LogP contribution in [0.4, 0.5) is 0 Å². The highest BCUT2D eigenvalue weighted by Gasteiger charge is 2.35. The van der Waals surface area contributed by atoms with Crippen molar-refractivity contribution in [3.8, 4) is 78.7 Å². The normalized spacial score (nSPS) is 12.7. The summed E-state index contributed by atoms with van der Waals surface area (Å²) in [6.07, 6.45) is 0. The molecule has 3 nitrogen and oxygen atoms in total. The number of rotatable bonds is 6. The van der Waals surface area contributed by atoms with E-state index in [1.165, 1.54) is 38.9 Å². The summed E-state index contributed by atoms with van der Waals surface area (Å²) in [7, 11) is 0. The summed E-state index contributed by atoms with van der Waals surface area (Å²) in [6.45, 7) is 4.68. The highest BCUT2D eigenvalue weighted by atomic mass is 15.0. The Balaban J connectivity index is 1.28. The van der Waals surface area contributed by atoms with Gasteiger partial charge >= 0.3 is 0 Å². The van der Waals surface area contributed by atoms with Gasteiger partial charge in [-0.3, -0.25) is 0 Å². The third-order valence-electron chi connectivity index (χ3n) is 10.2. The molecule has 1 aliphatic rings. The lowest BCUT2D eigenvalue weighted by molar-refractivity contribution is 0.660. The van der Waals surface area contributed by atoms with Crippen molar-refractivity contribution in [2.45, 2.75) is 19.3 Å². The lowest BCUT2D eigenvalue weighted by Crippen LogP contribution is -2.14. The lowest BCUT2D eigenvalue weighted by atomic mass is 9.81. The van der Waals surface area contributed by atoms with Crippen LogP contribution in [0.5, 0.6) is 0 Å². The first-order chi connectivity index (χ1) is 25.0. The quantitative estimate of drug-likeness (QED) is 0.179. The topological polar surface area (TPSA) is 38.7 Å². The third-order valence-corrected chi connectivity index (χ3v) is 10.2. The molecular formula is C48H35N3. The van der Waals surface area contributed by atoms with Crippen LogP contribution in [-0.4, -0.2) is 15.0 Å². The molecule has 242 valence electrons. The van der Waals surface area contributed by atoms with E-state index in [2.05, 4.69) is 129 Å². The van der Waals surface area contributed by atoms with Gasteiger partial charge in [0.05, 0.1) is 0 Å². The number of hydrogen-bond donors (Lipinski definition) is 0. The van der Waals surface area contributed by atoms with Crippen LogP contribution < -0.4 is 0 Å². The predicted octanol–water partition coefficient (Wildman–Crippen LogP) is 12.2. The van der Waals surface area contributed by atoms with Gasteiger partial charge in [0.1, 0.15) is 0 Å². The van der Waals surface area contributed by atoms with Gasteiger partial charge in [-0.05, 0) is 67.8 Å². The van der Waals surface area contributed by atoms with E-state index in [4.69, 9.17) is 15.0 Å². The molecule has 3 heteroatoms. The van der Waals surface area contributed by atoms with Gasteiger partial charge < -0.3 is 0 Å². The standard InChI is InChI=1S/C48H35N3/c1-48(2)43-25-15-14-24-40(43)41-29-26-35(31-44(41)48)42-30-36(27-28-39(42)38-23-13-12-22-37(38)32-16-6-3-7-17-32)47-50-45(33-18-8-4-9-19-33)49-46(51-47)34-20-10-5-11-21-34/h3-31H,1-2H3. The van der Waals surface area contributed by atoms with E-state index < -0.39 is 0 Å². The molecule has 9 rings (SSSR count). The lowest BCUT2D eigenvalue weighted by Gasteiger charge is -2.22. The smallest absolute Gasteiger partial charge is 0.164 e. The summed E-state index contributed by atoms with van der Waals surface area (Å²) in [6, 6.07) is 62.1. The van der Waals surface area contributed by atoms with Crippen molar-refractivity contribution in [3.63, 3.8) is 0 Å². The van der Waals surface area contributed by atoms with Crippen LogP contribution in [0.2, 0.25) is 0 Å². The third kappa shape index (κ3) is 5.44. The molecule has 0 bridgehead atoms. The fourth-order valence-corrected chi connectivity index (χ4v) is 7.55. The van der Waals surface area contributed by atoms with E-state index in [0.717, 1.165) is 33.4 Å². The number of benzene rings is 7. The molecule has 7 aromatic carbocycles. The summed E-state index contributed by atoms with van der Waals surface area (Å²) < 4.78 is 0. The zero-order valence-electron chi connectivity index (χ0n) is 28.6. The molecule has 1 aliphatic carbocycles. The monoisotopic (exact) mass is 653 g/mol. The second-order valence-electron chi connectivity index (χ2n) is 13.6. The maximum Gasteiger partial charge on any atom is 0.164 e. The summed E-state index contributed by atoms with van der Waals surface area (Å²) in [4.78, 5) is 15.1. The molecule has 1 aromatic heterocycles. The Morgan fingerprint density at radius 1 is 0.294 bits per heavy atom. The van der Waals surface area contributed by atoms with Crippen molar-refractivity contribution in [2.75, 3.05) is 0 Å². The first-order valence-corrected chi connectivity index (χ1v) is 17.5. The van der Waals surface area contributed by atoms with E-state index in [9.17, 15) is 0 Å². The first kappa shape index (κ1) is 30.6. The van der Waals surface area contributed by atoms with Crippen LogP contribution in [0.25, 0.3) is 78.7 Å². The molecule has 0 amide bonds. The Labute approximate surface area is 299 Å². The molecule has 0 spiro atoms. The minimum absolute atomic E-state index is 0.120. The molecule has 0 atom stereocenters. The number of fused-ring (bicyclic) bond motifs is 3. The SMILES string of the molecule is CC1(C)c2ccccc2-c2ccc(-c3cc(-c4nc(-c5ccccc5)nc(-c5ccccc5)n4)ccc3-c3ccccc3-c3ccccc3)cc21. The molecule has 0 fully saturated rings. The van der Waals surface area contributed by atoms with E-state index in [1.807, 2.05) is 60.7 Å². The second kappa shape index (κ2) is 12.5. The molecule has 0 unspecified atom stereocenters. The maximum absolute atomic E-state index is 5.09. The Kier molecular flexibility index (Phi) is 7.48. The highest BCUT2D eigenvalue weighted by molar-refractivity contribution is 5.94. The predicted molar refractivity (Wildman–Crippen MR) is 210 cm³/mol. The van der Waals surface area contributed by atoms with Gasteiger partial charge in [0, 0.05) is 22.1 Å². The van der Waals surface area contributed by atoms with Gasteiger partial charge in [-0.1, -0.05) is 178 Å². The van der Waals surface area contributed by atoms with Crippen LogP contribution in [0.3, 0.4) is 0 Å². The van der Waals surface area contributed by atoms with Crippen LogP contribution in [-0.2, 0) is 5.41 Å². The van der Waals surface area contributed by atoms with Gasteiger partial charge in [0.2, 0.25) is 0 Å². The van der Waals surface area contributed by atoms with Crippen molar-refractivity contribution < 1.29 is 0 Å². The highest BCUT2D eigenvalue weighted by Crippen LogP contribution is 2.50. The van der Waals surface area contributed by atoms with Crippen molar-refractivity contribution in [3.05, 3.63) is 187 Å². The van der Waals surface area contributed by atoms with Crippen molar-refractivity contribution in [1.82, 2.24) is 15.0 Å². The summed E-state index contributed by atoms with van der Waals surface area (Å²) in [5.41, 5.74) is 15.1. The molecule has 8 aromatic rings. The number of nitrogens with zero attached hydrogens (tertiary/aromatic N) is 3. The zero-order valence-corrected chi connectivity index (χ0v) is 28.6. The summed E-state index contributed by atoms with van der Waals surface area (Å²) >= 11 is 0. The molecule has 1 heterocycles. The van der Waals surface area contributed by atoms with Crippen molar-refractivity contribution in [1.29, 1.82) is 0 Å². The Morgan fingerprint density at radius 3 is 1.35 bits per heavy atom. The first-order valence-electron chi connectivity index (χ1n) is 17.5. The Hall–Kier alpha value is -6.45. The molecule has 51 heavy (non-hydrogen) atoms. The largest absolute Gasteiger partial charge is 0.208 e. The molecule has 0 saturated heterocycles. The Morgan fingerprint density at radius 2 is 0.725 bits per heavy atom. The molecule has 0 saturated carbocycles. The van der Waals surface area contributed by atoms with Crippen LogP contribution in [0.1, 0.15) is 25.0 Å². The average molecular weight is 654 g/mol. The molecule has 0 N–H and O–H groups in total. The van der Waals surface area contributed by atoms with Crippen molar-refractivity contribution in [2.24, 2.45) is 0 Å². The van der Waals surface area contributed by atoms with Gasteiger partial charge in [0.25, 0.3) is 0 Å². The minimum Gasteiger partial charge on any atom is -0.208 e. The van der Waals surface area contributed by atoms with E-state index in [1.54, 1.807) is 0 Å². The summed E-state index contributed by atoms with van der Waals surface area (Å²) in [5.74, 6) is 1.94. The molecular weight excluding hydrogens is 619 g/mol. The van der Waals surface area contributed by atoms with Crippen LogP contribution in [0, 0.1) is 0 Å². The average Bonchev–Trinajstić information content (AvgIpc) is 3.44. The second-order valence-corrected chi connectivity index (χ2v) is 13.6. The van der Waals surface area contributed by atoms with Gasteiger partial charge in [-0.15, -0.1) is 0 Å². The Bertz CT molecular complexity index is 2480. The van der Waals surface area contributed by atoms with Crippen LogP contribution in [0.15, 0.2) is 176 Å². The fraction of sp³-hybridized carbons (Fsp3) is 0.0625. The van der Waals surface area contributed by atoms with E-state index >= 15 is 0 Å². The number of aromatic nitrogens is 3. The summed E-state index contributed by atoms with van der Waals surface area (Å²) in [5, 5.41) is 0. The van der Waals surface area contributed by atoms with Crippen LogP contribution >= 0.6 is 0 Å². The van der Waals surface area contributed by atoms with E-state index in [-0.39, 0.29) is 5.41 Å². The van der Waals surface area contributed by atoms with Gasteiger partial charge in [-0.25, -0.2) is 15.0 Å². The zero-order chi connectivity index (χ0) is 34.4. The minimum atomic E-state index is -0.120. The fourth-order valence-electron chi connectivity index (χ4n) is 7.55. The van der Waals surface area contributed by atoms with Gasteiger partial charge in [-0.2, -0.15) is 0 Å².